The van der Waals surface area contributed by atoms with Gasteiger partial charge in [0.2, 0.25) is 0 Å². The third-order valence-electron chi connectivity index (χ3n) is 3.58. The van der Waals surface area contributed by atoms with Crippen LogP contribution in [-0.4, -0.2) is 25.2 Å². The van der Waals surface area contributed by atoms with Gasteiger partial charge in [-0.1, -0.05) is 48.5 Å². The van der Waals surface area contributed by atoms with Gasteiger partial charge in [-0.2, -0.15) is 0 Å². The van der Waals surface area contributed by atoms with Crippen LogP contribution in [-0.2, 0) is 19.1 Å². The van der Waals surface area contributed by atoms with Crippen LogP contribution in [0, 0.1) is 0 Å². The molecule has 26 heavy (non-hydrogen) atoms. The average Bonchev–Trinajstić information content (AvgIpc) is 2.66. The minimum atomic E-state index is -0.377. The molecule has 0 saturated carbocycles. The maximum atomic E-state index is 11.6. The highest BCUT2D eigenvalue weighted by molar-refractivity contribution is 5.92. The van der Waals surface area contributed by atoms with Gasteiger partial charge in [0.1, 0.15) is 0 Å². The fourth-order valence-corrected chi connectivity index (χ4v) is 2.47. The predicted molar refractivity (Wildman–Crippen MR) is 103 cm³/mol. The van der Waals surface area contributed by atoms with Crippen molar-refractivity contribution in [1.29, 1.82) is 0 Å². The van der Waals surface area contributed by atoms with Gasteiger partial charge >= 0.3 is 11.9 Å². The second-order valence-electron chi connectivity index (χ2n) is 5.35. The summed E-state index contributed by atoms with van der Waals surface area (Å²) >= 11 is 0. The molecule has 2 aromatic carbocycles. The number of hydrogen-bond acceptors (Lipinski definition) is 4. The number of hydrogen-bond donors (Lipinski definition) is 0. The van der Waals surface area contributed by atoms with Gasteiger partial charge in [-0.3, -0.25) is 0 Å². The molecule has 0 radical (unpaired) electrons. The molecule has 0 fully saturated rings. The third-order valence-corrected chi connectivity index (χ3v) is 3.58. The van der Waals surface area contributed by atoms with Crippen molar-refractivity contribution in [2.75, 3.05) is 13.2 Å². The van der Waals surface area contributed by atoms with Gasteiger partial charge in [-0.15, -0.1) is 0 Å². The van der Waals surface area contributed by atoms with E-state index in [2.05, 4.69) is 0 Å². The van der Waals surface area contributed by atoms with Crippen LogP contribution in [0.1, 0.15) is 25.0 Å². The smallest absolute Gasteiger partial charge is 0.330 e. The summed E-state index contributed by atoms with van der Waals surface area (Å²) in [6.45, 7) is 4.22. The molecule has 4 nitrogen and oxygen atoms in total. The van der Waals surface area contributed by atoms with Crippen LogP contribution in [0.2, 0.25) is 0 Å². The van der Waals surface area contributed by atoms with Crippen molar-refractivity contribution in [3.05, 3.63) is 71.8 Å². The maximum absolute atomic E-state index is 11.6. The lowest BCUT2D eigenvalue weighted by Crippen LogP contribution is -1.99. The number of rotatable bonds is 7. The van der Waals surface area contributed by atoms with Gasteiger partial charge in [-0.25, -0.2) is 9.59 Å². The van der Waals surface area contributed by atoms with Crippen LogP contribution in [0.15, 0.2) is 60.7 Å². The van der Waals surface area contributed by atoms with E-state index in [0.717, 1.165) is 22.3 Å². The highest BCUT2D eigenvalue weighted by Gasteiger charge is 2.07. The molecule has 2 aromatic rings. The second-order valence-corrected chi connectivity index (χ2v) is 5.35. The Hall–Kier alpha value is -3.14. The third kappa shape index (κ3) is 5.45. The first-order chi connectivity index (χ1) is 12.7. The zero-order valence-corrected chi connectivity index (χ0v) is 15.0. The molecule has 0 atom stereocenters. The fraction of sp³-hybridized carbons (Fsp3) is 0.182. The fourth-order valence-electron chi connectivity index (χ4n) is 2.47. The zero-order valence-electron chi connectivity index (χ0n) is 15.0. The van der Waals surface area contributed by atoms with Crippen LogP contribution in [0.4, 0.5) is 0 Å². The number of ether oxygens (including phenoxy) is 2. The normalized spacial score (nSPS) is 11.0. The Balaban J connectivity index is 2.37. The second kappa shape index (κ2) is 9.99. The van der Waals surface area contributed by atoms with Crippen LogP contribution < -0.4 is 0 Å². The van der Waals surface area contributed by atoms with Crippen LogP contribution in [0.25, 0.3) is 23.3 Å². The molecule has 0 saturated heterocycles. The monoisotopic (exact) mass is 350 g/mol. The van der Waals surface area contributed by atoms with Crippen LogP contribution >= 0.6 is 0 Å². The molecule has 0 aliphatic rings. The summed E-state index contributed by atoms with van der Waals surface area (Å²) in [4.78, 5) is 23.2. The topological polar surface area (TPSA) is 52.6 Å². The standard InChI is InChI=1S/C22H22O4/c1-3-25-21(23)15-13-17-9-5-7-11-19(17)20-12-8-6-10-18(20)14-16-22(24)26-4-2/h5-16H,3-4H2,1-2H3. The van der Waals surface area contributed by atoms with Crippen LogP contribution in [0.3, 0.4) is 0 Å². The maximum Gasteiger partial charge on any atom is 0.330 e. The van der Waals surface area contributed by atoms with Gasteiger partial charge in [0.25, 0.3) is 0 Å². The molecule has 4 heteroatoms. The quantitative estimate of drug-likeness (QED) is 0.545. The summed E-state index contributed by atoms with van der Waals surface area (Å²) in [7, 11) is 0. The van der Waals surface area contributed by atoms with Crippen molar-refractivity contribution < 1.29 is 19.1 Å². The Labute approximate surface area is 153 Å². The molecule has 0 aliphatic heterocycles. The van der Waals surface area contributed by atoms with Gasteiger partial charge in [0.05, 0.1) is 13.2 Å². The summed E-state index contributed by atoms with van der Waals surface area (Å²) < 4.78 is 9.87. The number of esters is 2. The van der Waals surface area contributed by atoms with Crippen molar-refractivity contribution in [2.45, 2.75) is 13.8 Å². The van der Waals surface area contributed by atoms with Gasteiger partial charge in [0, 0.05) is 12.2 Å². The lowest BCUT2D eigenvalue weighted by Gasteiger charge is -2.10. The summed E-state index contributed by atoms with van der Waals surface area (Å²) in [5, 5.41) is 0. The minimum absolute atomic E-state index is 0.340. The molecule has 134 valence electrons. The number of carbonyl (C=O) groups is 2. The number of carbonyl (C=O) groups excluding carboxylic acids is 2. The number of benzene rings is 2. The first-order valence-electron chi connectivity index (χ1n) is 8.53. The van der Waals surface area contributed by atoms with E-state index in [1.54, 1.807) is 26.0 Å². The lowest BCUT2D eigenvalue weighted by molar-refractivity contribution is -0.138. The Morgan fingerprint density at radius 3 is 1.50 bits per heavy atom. The highest BCUT2D eigenvalue weighted by atomic mass is 16.5. The summed E-state index contributed by atoms with van der Waals surface area (Å²) in [6.07, 6.45) is 6.30. The van der Waals surface area contributed by atoms with Gasteiger partial charge in [-0.05, 0) is 48.3 Å². The van der Waals surface area contributed by atoms with E-state index in [4.69, 9.17) is 9.47 Å². The predicted octanol–water partition coefficient (Wildman–Crippen LogP) is 4.51. The molecule has 0 N–H and O–H groups in total. The van der Waals surface area contributed by atoms with E-state index in [9.17, 15) is 9.59 Å². The van der Waals surface area contributed by atoms with E-state index in [1.165, 1.54) is 12.2 Å². The Morgan fingerprint density at radius 2 is 1.12 bits per heavy atom. The largest absolute Gasteiger partial charge is 0.463 e. The molecular formula is C22H22O4. The zero-order chi connectivity index (χ0) is 18.8. The van der Waals surface area contributed by atoms with Gasteiger partial charge in [0.15, 0.2) is 0 Å². The average molecular weight is 350 g/mol. The summed E-state index contributed by atoms with van der Waals surface area (Å²) in [6, 6.07) is 15.5. The molecule has 0 aromatic heterocycles. The molecule has 0 spiro atoms. The molecule has 0 amide bonds. The minimum Gasteiger partial charge on any atom is -0.463 e. The molecule has 2 rings (SSSR count). The highest BCUT2D eigenvalue weighted by Crippen LogP contribution is 2.29. The van der Waals surface area contributed by atoms with E-state index in [-0.39, 0.29) is 11.9 Å². The van der Waals surface area contributed by atoms with Crippen molar-refractivity contribution in [2.24, 2.45) is 0 Å². The van der Waals surface area contributed by atoms with Crippen molar-refractivity contribution in [3.8, 4) is 11.1 Å². The van der Waals surface area contributed by atoms with Crippen molar-refractivity contribution >= 4 is 24.1 Å². The Kier molecular flexibility index (Phi) is 7.37. The van der Waals surface area contributed by atoms with E-state index in [0.29, 0.717) is 13.2 Å². The molecule has 0 aliphatic carbocycles. The molecular weight excluding hydrogens is 328 g/mol. The summed E-state index contributed by atoms with van der Waals surface area (Å²) in [5.41, 5.74) is 3.68. The Morgan fingerprint density at radius 1 is 0.731 bits per heavy atom. The first kappa shape index (κ1) is 19.2. The molecule has 0 heterocycles. The lowest BCUT2D eigenvalue weighted by atomic mass is 9.95. The van der Waals surface area contributed by atoms with Gasteiger partial charge < -0.3 is 9.47 Å². The van der Waals surface area contributed by atoms with E-state index < -0.39 is 0 Å². The van der Waals surface area contributed by atoms with Crippen molar-refractivity contribution in [3.63, 3.8) is 0 Å². The summed E-state index contributed by atoms with van der Waals surface area (Å²) in [5.74, 6) is -0.754. The molecule has 0 unspecified atom stereocenters. The SMILES string of the molecule is CCOC(=O)C=Cc1ccccc1-c1ccccc1C=CC(=O)OCC. The van der Waals surface area contributed by atoms with Crippen molar-refractivity contribution in [1.82, 2.24) is 0 Å². The van der Waals surface area contributed by atoms with E-state index in [1.807, 2.05) is 48.5 Å². The van der Waals surface area contributed by atoms with Crippen LogP contribution in [0.5, 0.6) is 0 Å². The molecule has 0 bridgehead atoms. The first-order valence-corrected chi connectivity index (χ1v) is 8.53. The Bertz CT molecular complexity index is 749. The van der Waals surface area contributed by atoms with E-state index >= 15 is 0 Å².